The van der Waals surface area contributed by atoms with E-state index in [-0.39, 0.29) is 35.8 Å². The maximum atomic E-state index is 13.0. The number of amides is 1. The van der Waals surface area contributed by atoms with Crippen molar-refractivity contribution >= 4 is 36.0 Å². The maximum Gasteiger partial charge on any atom is 0.239 e. The standard InChI is InChI=1S/C24H33N9O2.ClH/c1-24(5-7-32(14-24)21(34)18(25)15-2-3-15)33-6-4-17-19(16-12-27-22(26)28-13-16)29-23(30-20(17)33)31-8-10-35-11-9-31;/h12-13,15,18H,2-11,14,25H2,1H3,(H2,26,27,28);1H/t18-,24+;/m1./s1. The number of rotatable bonds is 5. The van der Waals surface area contributed by atoms with Gasteiger partial charge in [-0.3, -0.25) is 4.79 Å². The molecule has 3 aliphatic heterocycles. The fourth-order valence-electron chi connectivity index (χ4n) is 5.59. The molecule has 0 unspecified atom stereocenters. The predicted molar refractivity (Wildman–Crippen MR) is 139 cm³/mol. The van der Waals surface area contributed by atoms with Crippen molar-refractivity contribution in [3.8, 4) is 11.3 Å². The van der Waals surface area contributed by atoms with Crippen molar-refractivity contribution in [2.24, 2.45) is 11.7 Å². The van der Waals surface area contributed by atoms with Gasteiger partial charge in [0.2, 0.25) is 17.8 Å². The molecule has 2 atom stereocenters. The Hall–Kier alpha value is -2.76. The lowest BCUT2D eigenvalue weighted by molar-refractivity contribution is -0.132. The van der Waals surface area contributed by atoms with Crippen LogP contribution in [0.5, 0.6) is 0 Å². The molecule has 4 aliphatic rings. The van der Waals surface area contributed by atoms with Gasteiger partial charge in [-0.2, -0.15) is 4.98 Å². The lowest BCUT2D eigenvalue weighted by atomic mass is 9.99. The van der Waals surface area contributed by atoms with Gasteiger partial charge in [-0.05, 0) is 38.5 Å². The van der Waals surface area contributed by atoms with Crippen LogP contribution in [-0.2, 0) is 16.0 Å². The minimum Gasteiger partial charge on any atom is -0.378 e. The molecule has 36 heavy (non-hydrogen) atoms. The van der Waals surface area contributed by atoms with Gasteiger partial charge < -0.3 is 30.9 Å². The quantitative estimate of drug-likeness (QED) is 0.589. The second-order valence-corrected chi connectivity index (χ2v) is 10.4. The molecule has 0 bridgehead atoms. The van der Waals surface area contributed by atoms with E-state index in [1.165, 1.54) is 0 Å². The summed E-state index contributed by atoms with van der Waals surface area (Å²) in [6.45, 7) is 7.24. The zero-order valence-electron chi connectivity index (χ0n) is 20.6. The molecule has 5 heterocycles. The van der Waals surface area contributed by atoms with E-state index >= 15 is 0 Å². The summed E-state index contributed by atoms with van der Waals surface area (Å²) < 4.78 is 5.55. The Morgan fingerprint density at radius 2 is 1.86 bits per heavy atom. The number of nitrogens with two attached hydrogens (primary N) is 2. The summed E-state index contributed by atoms with van der Waals surface area (Å²) >= 11 is 0. The van der Waals surface area contributed by atoms with Gasteiger partial charge in [0.1, 0.15) is 5.82 Å². The minimum absolute atomic E-state index is 0. The maximum absolute atomic E-state index is 13.0. The molecular weight excluding hydrogens is 482 g/mol. The number of carbonyl (C=O) groups excluding carboxylic acids is 1. The van der Waals surface area contributed by atoms with Crippen LogP contribution in [0.15, 0.2) is 12.4 Å². The number of morpholine rings is 1. The Morgan fingerprint density at radius 3 is 2.56 bits per heavy atom. The SMILES string of the molecule is C[C@]1(N2CCc3c(-c4cnc(N)nc4)nc(N4CCOCC4)nc32)CCN(C(=O)[C@H](N)C2CC2)C1.Cl. The van der Waals surface area contributed by atoms with Crippen LogP contribution in [0.4, 0.5) is 17.7 Å². The molecule has 0 radical (unpaired) electrons. The zero-order chi connectivity index (χ0) is 24.2. The number of nitrogen functional groups attached to an aromatic ring is 1. The molecule has 1 saturated carbocycles. The van der Waals surface area contributed by atoms with E-state index in [1.807, 2.05) is 4.90 Å². The van der Waals surface area contributed by atoms with Crippen molar-refractivity contribution in [2.45, 2.75) is 44.2 Å². The smallest absolute Gasteiger partial charge is 0.239 e. The molecule has 11 nitrogen and oxygen atoms in total. The van der Waals surface area contributed by atoms with Crippen LogP contribution in [0, 0.1) is 5.92 Å². The largest absolute Gasteiger partial charge is 0.378 e. The summed E-state index contributed by atoms with van der Waals surface area (Å²) in [5.41, 5.74) is 14.6. The van der Waals surface area contributed by atoms with Gasteiger partial charge in [-0.1, -0.05) is 0 Å². The minimum atomic E-state index is -0.365. The number of aromatic nitrogens is 4. The Kier molecular flexibility index (Phi) is 6.65. The molecule has 2 aromatic rings. The van der Waals surface area contributed by atoms with Crippen LogP contribution in [0.1, 0.15) is 31.7 Å². The third-order valence-electron chi connectivity index (χ3n) is 7.88. The second kappa shape index (κ2) is 9.60. The molecule has 2 aromatic heterocycles. The lowest BCUT2D eigenvalue weighted by Gasteiger charge is -2.37. The van der Waals surface area contributed by atoms with Crippen LogP contribution in [0.3, 0.4) is 0 Å². The van der Waals surface area contributed by atoms with Crippen molar-refractivity contribution in [1.82, 2.24) is 24.8 Å². The van der Waals surface area contributed by atoms with Crippen molar-refractivity contribution in [2.75, 3.05) is 61.5 Å². The van der Waals surface area contributed by atoms with E-state index in [1.54, 1.807) is 12.4 Å². The first-order valence-electron chi connectivity index (χ1n) is 12.6. The Labute approximate surface area is 217 Å². The lowest BCUT2D eigenvalue weighted by Crippen LogP contribution is -2.51. The summed E-state index contributed by atoms with van der Waals surface area (Å²) in [7, 11) is 0. The zero-order valence-corrected chi connectivity index (χ0v) is 21.4. The van der Waals surface area contributed by atoms with Crippen molar-refractivity contribution in [1.29, 1.82) is 0 Å². The summed E-state index contributed by atoms with van der Waals surface area (Å²) in [5, 5.41) is 0. The average molecular weight is 516 g/mol. The van der Waals surface area contributed by atoms with E-state index in [0.29, 0.717) is 31.6 Å². The molecule has 12 heteroatoms. The Morgan fingerprint density at radius 1 is 1.14 bits per heavy atom. The van der Waals surface area contributed by atoms with Gasteiger partial charge in [-0.15, -0.1) is 12.4 Å². The highest BCUT2D eigenvalue weighted by atomic mass is 35.5. The molecule has 4 N–H and O–H groups in total. The topological polar surface area (TPSA) is 140 Å². The predicted octanol–water partition coefficient (Wildman–Crippen LogP) is 0.865. The van der Waals surface area contributed by atoms with E-state index in [2.05, 4.69) is 26.7 Å². The molecular formula is C24H34ClN9O2. The number of anilines is 3. The molecule has 2 saturated heterocycles. The van der Waals surface area contributed by atoms with Crippen molar-refractivity contribution in [3.63, 3.8) is 0 Å². The van der Waals surface area contributed by atoms with Gasteiger partial charge in [0, 0.05) is 56.2 Å². The van der Waals surface area contributed by atoms with Crippen molar-refractivity contribution < 1.29 is 9.53 Å². The number of nitrogens with zero attached hydrogens (tertiary/aromatic N) is 7. The third kappa shape index (κ3) is 4.44. The second-order valence-electron chi connectivity index (χ2n) is 10.4. The molecule has 194 valence electrons. The van der Waals surface area contributed by atoms with Crippen LogP contribution in [0.25, 0.3) is 11.3 Å². The first-order valence-corrected chi connectivity index (χ1v) is 12.6. The monoisotopic (exact) mass is 515 g/mol. The van der Waals surface area contributed by atoms with E-state index in [0.717, 1.165) is 74.5 Å². The number of carbonyl (C=O) groups is 1. The number of hydrogen-bond donors (Lipinski definition) is 2. The summed E-state index contributed by atoms with van der Waals surface area (Å²) in [5.74, 6) is 2.32. The Balaban J connectivity index is 0.00000267. The number of ether oxygens (including phenoxy) is 1. The van der Waals surface area contributed by atoms with Gasteiger partial charge >= 0.3 is 0 Å². The van der Waals surface area contributed by atoms with E-state index in [9.17, 15) is 4.79 Å². The molecule has 0 spiro atoms. The van der Waals surface area contributed by atoms with E-state index < -0.39 is 0 Å². The van der Waals surface area contributed by atoms with Crippen LogP contribution in [0.2, 0.25) is 0 Å². The van der Waals surface area contributed by atoms with Crippen LogP contribution in [-0.4, -0.2) is 88.3 Å². The first kappa shape index (κ1) is 24.9. The highest BCUT2D eigenvalue weighted by Crippen LogP contribution is 2.42. The number of likely N-dealkylation sites (tertiary alicyclic amines) is 1. The van der Waals surface area contributed by atoms with Gasteiger partial charge in [-0.25, -0.2) is 15.0 Å². The van der Waals surface area contributed by atoms with Crippen molar-refractivity contribution in [3.05, 3.63) is 18.0 Å². The number of halogens is 1. The summed E-state index contributed by atoms with van der Waals surface area (Å²) in [4.78, 5) is 38.0. The molecule has 1 aliphatic carbocycles. The average Bonchev–Trinajstić information content (AvgIpc) is 3.52. The highest BCUT2D eigenvalue weighted by Gasteiger charge is 2.46. The van der Waals surface area contributed by atoms with Crippen LogP contribution >= 0.6 is 12.4 Å². The normalized spacial score (nSPS) is 24.4. The fourth-order valence-corrected chi connectivity index (χ4v) is 5.59. The summed E-state index contributed by atoms with van der Waals surface area (Å²) in [6, 6.07) is -0.365. The van der Waals surface area contributed by atoms with Gasteiger partial charge in [0.15, 0.2) is 0 Å². The first-order chi connectivity index (χ1) is 16.9. The number of fused-ring (bicyclic) bond motifs is 1. The highest BCUT2D eigenvalue weighted by molar-refractivity contribution is 5.85. The molecule has 6 rings (SSSR count). The van der Waals surface area contributed by atoms with E-state index in [4.69, 9.17) is 26.2 Å². The van der Waals surface area contributed by atoms with Gasteiger partial charge in [0.25, 0.3) is 0 Å². The third-order valence-corrected chi connectivity index (χ3v) is 7.88. The van der Waals surface area contributed by atoms with Crippen LogP contribution < -0.4 is 21.3 Å². The molecule has 3 fully saturated rings. The Bertz CT molecular complexity index is 1120. The summed E-state index contributed by atoms with van der Waals surface area (Å²) in [6.07, 6.45) is 7.30. The number of hydrogen-bond acceptors (Lipinski definition) is 10. The van der Waals surface area contributed by atoms with Gasteiger partial charge in [0.05, 0.1) is 30.5 Å². The molecule has 1 amide bonds. The molecule has 0 aromatic carbocycles. The fraction of sp³-hybridized carbons (Fsp3) is 0.625.